The maximum absolute atomic E-state index is 12.5. The molecule has 1 saturated heterocycles. The molecular weight excluding hydrogens is 374 g/mol. The summed E-state index contributed by atoms with van der Waals surface area (Å²) in [6.07, 6.45) is 1.47. The predicted octanol–water partition coefficient (Wildman–Crippen LogP) is 2.45. The Morgan fingerprint density at radius 3 is 2.74 bits per heavy atom. The Morgan fingerprint density at radius 1 is 1.33 bits per heavy atom. The number of ether oxygens (including phenoxy) is 2. The van der Waals surface area contributed by atoms with Crippen LogP contribution in [0.1, 0.15) is 6.42 Å². The molecule has 27 heavy (non-hydrogen) atoms. The second kappa shape index (κ2) is 7.71. The van der Waals surface area contributed by atoms with Crippen LogP contribution >= 0.6 is 11.6 Å². The van der Waals surface area contributed by atoms with Crippen molar-refractivity contribution in [2.24, 2.45) is 5.92 Å². The number of nitrogens with zero attached hydrogens (tertiary/aromatic N) is 2. The summed E-state index contributed by atoms with van der Waals surface area (Å²) in [6, 6.07) is 6.12. The van der Waals surface area contributed by atoms with Gasteiger partial charge in [-0.05, 0) is 18.2 Å². The monoisotopic (exact) mass is 391 g/mol. The van der Waals surface area contributed by atoms with Gasteiger partial charge in [0.25, 0.3) is 0 Å². The fraction of sp³-hybridized carbons (Fsp3) is 0.278. The second-order valence-corrected chi connectivity index (χ2v) is 6.33. The van der Waals surface area contributed by atoms with Crippen LogP contribution in [0.25, 0.3) is 0 Å². The smallest absolute Gasteiger partial charge is 0.231 e. The first-order chi connectivity index (χ1) is 12.9. The highest BCUT2D eigenvalue weighted by molar-refractivity contribution is 6.32. The minimum absolute atomic E-state index is 0.0201. The predicted molar refractivity (Wildman–Crippen MR) is 99.5 cm³/mol. The van der Waals surface area contributed by atoms with Crippen LogP contribution in [0.2, 0.25) is 5.02 Å². The molecule has 1 aromatic carbocycles. The van der Waals surface area contributed by atoms with E-state index in [2.05, 4.69) is 10.3 Å². The van der Waals surface area contributed by atoms with Crippen LogP contribution in [0.3, 0.4) is 0 Å². The van der Waals surface area contributed by atoms with Gasteiger partial charge in [0, 0.05) is 25.2 Å². The molecule has 1 atom stereocenters. The highest BCUT2D eigenvalue weighted by Crippen LogP contribution is 2.40. The Bertz CT molecular complexity index is 889. The first-order valence-electron chi connectivity index (χ1n) is 8.11. The Balaban J connectivity index is 1.80. The molecule has 0 saturated carbocycles. The number of aromatic nitrogens is 1. The third kappa shape index (κ3) is 3.75. The number of pyridine rings is 1. The average Bonchev–Trinajstić information content (AvgIpc) is 3.05. The second-order valence-electron chi connectivity index (χ2n) is 5.92. The summed E-state index contributed by atoms with van der Waals surface area (Å²) in [5, 5.41) is 12.6. The van der Waals surface area contributed by atoms with Crippen LogP contribution in [-0.4, -0.2) is 42.7 Å². The normalized spacial score (nSPS) is 16.3. The quantitative estimate of drug-likeness (QED) is 0.811. The van der Waals surface area contributed by atoms with E-state index in [9.17, 15) is 14.7 Å². The summed E-state index contributed by atoms with van der Waals surface area (Å²) in [4.78, 5) is 30.3. The van der Waals surface area contributed by atoms with Crippen molar-refractivity contribution in [1.29, 1.82) is 0 Å². The van der Waals surface area contributed by atoms with Crippen molar-refractivity contribution < 1.29 is 24.2 Å². The van der Waals surface area contributed by atoms with E-state index < -0.39 is 11.8 Å². The first kappa shape index (κ1) is 18.8. The number of hydrogen-bond donors (Lipinski definition) is 2. The maximum atomic E-state index is 12.5. The minimum atomic E-state index is -0.607. The fourth-order valence-electron chi connectivity index (χ4n) is 2.88. The zero-order valence-corrected chi connectivity index (χ0v) is 15.5. The number of benzene rings is 1. The first-order valence-corrected chi connectivity index (χ1v) is 8.49. The molecule has 2 N–H and O–H groups in total. The Hall–Kier alpha value is -3.00. The summed E-state index contributed by atoms with van der Waals surface area (Å²) in [6.45, 7) is 0.150. The number of carbonyl (C=O) groups excluding carboxylic acids is 2. The molecule has 8 nitrogen and oxygen atoms in total. The van der Waals surface area contributed by atoms with Gasteiger partial charge in [0.05, 0.1) is 30.8 Å². The van der Waals surface area contributed by atoms with Gasteiger partial charge in [-0.2, -0.15) is 0 Å². The molecule has 2 amide bonds. The largest absolute Gasteiger partial charge is 0.504 e. The summed E-state index contributed by atoms with van der Waals surface area (Å²) in [5.74, 6) is -0.506. The molecule has 9 heteroatoms. The number of amides is 2. The van der Waals surface area contributed by atoms with Crippen molar-refractivity contribution in [3.63, 3.8) is 0 Å². The SMILES string of the molecule is COc1cc(OC)c(N2CC(C(=O)Nc3ncccc3O)CC2=O)cc1Cl. The lowest BCUT2D eigenvalue weighted by Gasteiger charge is -2.21. The van der Waals surface area contributed by atoms with Gasteiger partial charge in [-0.3, -0.25) is 9.59 Å². The van der Waals surface area contributed by atoms with E-state index in [1.165, 1.54) is 31.4 Å². The van der Waals surface area contributed by atoms with E-state index in [4.69, 9.17) is 21.1 Å². The number of carbonyl (C=O) groups is 2. The molecule has 0 aliphatic carbocycles. The van der Waals surface area contributed by atoms with Crippen LogP contribution < -0.4 is 19.7 Å². The van der Waals surface area contributed by atoms with E-state index in [1.807, 2.05) is 0 Å². The number of hydrogen-bond acceptors (Lipinski definition) is 6. The fourth-order valence-corrected chi connectivity index (χ4v) is 3.12. The van der Waals surface area contributed by atoms with Gasteiger partial charge in [-0.25, -0.2) is 4.98 Å². The lowest BCUT2D eigenvalue weighted by atomic mass is 10.1. The van der Waals surface area contributed by atoms with E-state index in [0.29, 0.717) is 22.2 Å². The number of methoxy groups -OCH3 is 2. The van der Waals surface area contributed by atoms with Gasteiger partial charge >= 0.3 is 0 Å². The van der Waals surface area contributed by atoms with Crippen LogP contribution in [0, 0.1) is 5.92 Å². The molecule has 142 valence electrons. The maximum Gasteiger partial charge on any atom is 0.231 e. The summed E-state index contributed by atoms with van der Waals surface area (Å²) < 4.78 is 10.5. The lowest BCUT2D eigenvalue weighted by molar-refractivity contribution is -0.122. The Labute approximate surface area is 160 Å². The molecule has 0 radical (unpaired) electrons. The molecule has 0 spiro atoms. The lowest BCUT2D eigenvalue weighted by Crippen LogP contribution is -2.28. The molecule has 3 rings (SSSR count). The Kier molecular flexibility index (Phi) is 5.36. The molecule has 1 aliphatic heterocycles. The molecule has 2 heterocycles. The van der Waals surface area contributed by atoms with Crippen LogP contribution in [0.15, 0.2) is 30.5 Å². The van der Waals surface area contributed by atoms with Gasteiger partial charge in [-0.1, -0.05) is 11.6 Å². The van der Waals surface area contributed by atoms with Crippen molar-refractivity contribution in [1.82, 2.24) is 4.98 Å². The molecule has 1 aliphatic rings. The Morgan fingerprint density at radius 2 is 2.07 bits per heavy atom. The summed E-state index contributed by atoms with van der Waals surface area (Å²) in [5.41, 5.74) is 0.462. The van der Waals surface area contributed by atoms with Gasteiger partial charge in [0.2, 0.25) is 11.8 Å². The zero-order valence-electron chi connectivity index (χ0n) is 14.7. The summed E-state index contributed by atoms with van der Waals surface area (Å²) in [7, 11) is 2.95. The number of nitrogens with one attached hydrogen (secondary N) is 1. The van der Waals surface area contributed by atoms with Crippen molar-refractivity contribution in [2.75, 3.05) is 31.0 Å². The molecule has 1 aromatic heterocycles. The third-order valence-electron chi connectivity index (χ3n) is 4.27. The average molecular weight is 392 g/mol. The number of halogens is 1. The summed E-state index contributed by atoms with van der Waals surface area (Å²) >= 11 is 6.17. The van der Waals surface area contributed by atoms with Gasteiger partial charge < -0.3 is 24.8 Å². The zero-order chi connectivity index (χ0) is 19.6. The number of aromatic hydroxyl groups is 1. The van der Waals surface area contributed by atoms with E-state index in [0.717, 1.165) is 0 Å². The minimum Gasteiger partial charge on any atom is -0.504 e. The number of anilines is 2. The molecule has 1 unspecified atom stereocenters. The topological polar surface area (TPSA) is 101 Å². The van der Waals surface area contributed by atoms with Crippen LogP contribution in [0.5, 0.6) is 17.2 Å². The van der Waals surface area contributed by atoms with Gasteiger partial charge in [-0.15, -0.1) is 0 Å². The van der Waals surface area contributed by atoms with Crippen molar-refractivity contribution in [2.45, 2.75) is 6.42 Å². The third-order valence-corrected chi connectivity index (χ3v) is 4.56. The van der Waals surface area contributed by atoms with E-state index in [1.54, 1.807) is 18.2 Å². The van der Waals surface area contributed by atoms with Crippen LogP contribution in [0.4, 0.5) is 11.5 Å². The highest BCUT2D eigenvalue weighted by atomic mass is 35.5. The van der Waals surface area contributed by atoms with Gasteiger partial charge in [0.15, 0.2) is 11.6 Å². The standard InChI is InChI=1S/C18H18ClN3O5/c1-26-14-8-15(27-2)12(7-11(14)19)22-9-10(6-16(22)24)18(25)21-17-13(23)4-3-5-20-17/h3-5,7-8,10,23H,6,9H2,1-2H3,(H,20,21,25). The van der Waals surface area contributed by atoms with Crippen molar-refractivity contribution >= 4 is 34.9 Å². The van der Waals surface area contributed by atoms with E-state index in [-0.39, 0.29) is 30.4 Å². The van der Waals surface area contributed by atoms with Gasteiger partial charge in [0.1, 0.15) is 11.5 Å². The molecule has 1 fully saturated rings. The van der Waals surface area contributed by atoms with Crippen molar-refractivity contribution in [3.8, 4) is 17.2 Å². The molecule has 2 aromatic rings. The highest BCUT2D eigenvalue weighted by Gasteiger charge is 2.37. The van der Waals surface area contributed by atoms with Crippen molar-refractivity contribution in [3.05, 3.63) is 35.5 Å². The number of rotatable bonds is 5. The van der Waals surface area contributed by atoms with Crippen LogP contribution in [-0.2, 0) is 9.59 Å². The molecular formula is C18H18ClN3O5. The van der Waals surface area contributed by atoms with E-state index >= 15 is 0 Å². The molecule has 0 bridgehead atoms.